The van der Waals surface area contributed by atoms with Crippen molar-refractivity contribution in [2.75, 3.05) is 13.7 Å². The predicted molar refractivity (Wildman–Crippen MR) is 126 cm³/mol. The Morgan fingerprint density at radius 3 is 2.56 bits per heavy atom. The third-order valence-electron chi connectivity index (χ3n) is 6.31. The molecule has 6 heteroatoms. The zero-order chi connectivity index (χ0) is 23.6. The van der Waals surface area contributed by atoms with Gasteiger partial charge in [-0.05, 0) is 56.9 Å². The number of methoxy groups -OCH3 is 1. The monoisotopic (exact) mass is 458 g/mol. The maximum atomic E-state index is 11.2. The molecule has 5 nitrogen and oxygen atoms in total. The second kappa shape index (κ2) is 9.97. The van der Waals surface area contributed by atoms with Gasteiger partial charge in [-0.15, -0.1) is 0 Å². The zero-order valence-corrected chi connectivity index (χ0v) is 20.0. The standard InChI is InChI=1S/C26H31ClO5/c1-14(2)20-12-21(18-8-7-15(3)16(4)9-18)17(5)32-25(20)22-10-19(27)11-23(30-6)26(22)31-13-24(28)29/h7-11,17,20-21,25H,1,12-13H2,2-6H3,(H,28,29)/t17-,20+,21-,25-/m0/s1. The topological polar surface area (TPSA) is 65.0 Å². The van der Waals surface area contributed by atoms with Gasteiger partial charge in [-0.2, -0.15) is 0 Å². The van der Waals surface area contributed by atoms with Gasteiger partial charge in [0.1, 0.15) is 0 Å². The maximum Gasteiger partial charge on any atom is 0.341 e. The molecule has 2 aromatic rings. The summed E-state index contributed by atoms with van der Waals surface area (Å²) in [6.07, 6.45) is 0.383. The van der Waals surface area contributed by atoms with Crippen molar-refractivity contribution in [1.82, 2.24) is 0 Å². The Bertz CT molecular complexity index is 1020. The quantitative estimate of drug-likeness (QED) is 0.496. The molecule has 0 radical (unpaired) electrons. The van der Waals surface area contributed by atoms with E-state index in [0.29, 0.717) is 22.1 Å². The van der Waals surface area contributed by atoms with Crippen molar-refractivity contribution in [3.8, 4) is 11.5 Å². The normalized spacial score (nSPS) is 22.9. The van der Waals surface area contributed by atoms with Crippen molar-refractivity contribution in [1.29, 1.82) is 0 Å². The SMILES string of the molecule is C=C(C)[C@H]1C[C@H](c2ccc(C)c(C)c2)[C@H](C)O[C@@H]1c1cc(Cl)cc(OC)c1OCC(=O)O. The van der Waals surface area contributed by atoms with Gasteiger partial charge in [0.15, 0.2) is 18.1 Å². The lowest BCUT2D eigenvalue weighted by atomic mass is 9.75. The summed E-state index contributed by atoms with van der Waals surface area (Å²) in [5.74, 6) is -0.156. The third-order valence-corrected chi connectivity index (χ3v) is 6.53. The summed E-state index contributed by atoms with van der Waals surface area (Å²) in [5, 5.41) is 9.61. The minimum atomic E-state index is -1.07. The Hall–Kier alpha value is -2.50. The fraction of sp³-hybridized carbons (Fsp3) is 0.423. The van der Waals surface area contributed by atoms with Gasteiger partial charge in [-0.3, -0.25) is 0 Å². The molecule has 1 aliphatic heterocycles. The maximum absolute atomic E-state index is 11.2. The number of carboxylic acids is 1. The lowest BCUT2D eigenvalue weighted by Crippen LogP contribution is -2.34. The fourth-order valence-electron chi connectivity index (χ4n) is 4.40. The van der Waals surface area contributed by atoms with Crippen molar-refractivity contribution in [2.45, 2.75) is 52.2 Å². The number of aliphatic carboxylic acids is 1. The second-order valence-electron chi connectivity index (χ2n) is 8.61. The highest BCUT2D eigenvalue weighted by Gasteiger charge is 2.40. The van der Waals surface area contributed by atoms with Crippen molar-refractivity contribution < 1.29 is 24.1 Å². The number of rotatable bonds is 7. The molecule has 1 aliphatic rings. The van der Waals surface area contributed by atoms with E-state index in [1.807, 2.05) is 6.92 Å². The van der Waals surface area contributed by atoms with Crippen LogP contribution in [0, 0.1) is 19.8 Å². The van der Waals surface area contributed by atoms with Crippen LogP contribution in [0.25, 0.3) is 0 Å². The minimum Gasteiger partial charge on any atom is -0.493 e. The Morgan fingerprint density at radius 2 is 1.97 bits per heavy atom. The molecular formula is C26H31ClO5. The largest absolute Gasteiger partial charge is 0.493 e. The van der Waals surface area contributed by atoms with Crippen LogP contribution in [0.5, 0.6) is 11.5 Å². The highest BCUT2D eigenvalue weighted by atomic mass is 35.5. The van der Waals surface area contributed by atoms with Crippen LogP contribution >= 0.6 is 11.6 Å². The number of carboxylic acid groups (broad SMARTS) is 1. The van der Waals surface area contributed by atoms with E-state index in [1.54, 1.807) is 12.1 Å². The van der Waals surface area contributed by atoms with Crippen molar-refractivity contribution >= 4 is 17.6 Å². The van der Waals surface area contributed by atoms with E-state index in [2.05, 4.69) is 45.5 Å². The van der Waals surface area contributed by atoms with Crippen molar-refractivity contribution in [3.05, 3.63) is 69.8 Å². The molecule has 0 spiro atoms. The first-order valence-electron chi connectivity index (χ1n) is 10.7. The third kappa shape index (κ3) is 5.11. The van der Waals surface area contributed by atoms with Gasteiger partial charge in [0, 0.05) is 28.5 Å². The van der Waals surface area contributed by atoms with Gasteiger partial charge in [0.25, 0.3) is 0 Å². The Balaban J connectivity index is 2.02. The van der Waals surface area contributed by atoms with Crippen LogP contribution in [-0.2, 0) is 9.53 Å². The molecule has 0 aromatic heterocycles. The lowest BCUT2D eigenvalue weighted by molar-refractivity contribution is -0.139. The molecule has 3 rings (SSSR count). The number of halogens is 1. The summed E-state index contributed by atoms with van der Waals surface area (Å²) >= 11 is 6.37. The molecule has 2 aromatic carbocycles. The highest BCUT2D eigenvalue weighted by molar-refractivity contribution is 6.30. The van der Waals surface area contributed by atoms with Crippen LogP contribution < -0.4 is 9.47 Å². The number of hydrogen-bond acceptors (Lipinski definition) is 4. The van der Waals surface area contributed by atoms with Gasteiger partial charge in [-0.1, -0.05) is 42.0 Å². The molecule has 4 atom stereocenters. The number of hydrogen-bond donors (Lipinski definition) is 1. The van der Waals surface area contributed by atoms with E-state index in [9.17, 15) is 4.79 Å². The van der Waals surface area contributed by atoms with Crippen LogP contribution in [0.1, 0.15) is 54.5 Å². The predicted octanol–water partition coefficient (Wildman–Crippen LogP) is 6.25. The average Bonchev–Trinajstić information content (AvgIpc) is 2.73. The number of carbonyl (C=O) groups is 1. The first-order chi connectivity index (χ1) is 15.1. The zero-order valence-electron chi connectivity index (χ0n) is 19.3. The molecule has 1 fully saturated rings. The summed E-state index contributed by atoms with van der Waals surface area (Å²) in [6, 6.07) is 9.94. The molecule has 1 N–H and O–H groups in total. The van der Waals surface area contributed by atoms with E-state index >= 15 is 0 Å². The molecular weight excluding hydrogens is 428 g/mol. The molecule has 172 valence electrons. The summed E-state index contributed by atoms with van der Waals surface area (Å²) in [6.45, 7) is 12.0. The molecule has 1 heterocycles. The summed E-state index contributed by atoms with van der Waals surface area (Å²) in [4.78, 5) is 11.2. The van der Waals surface area contributed by atoms with Crippen LogP contribution in [0.3, 0.4) is 0 Å². The summed E-state index contributed by atoms with van der Waals surface area (Å²) in [7, 11) is 1.50. The first kappa shape index (κ1) is 24.1. The van der Waals surface area contributed by atoms with E-state index in [-0.39, 0.29) is 24.0 Å². The van der Waals surface area contributed by atoms with E-state index in [1.165, 1.54) is 23.8 Å². The molecule has 0 saturated carbocycles. The summed E-state index contributed by atoms with van der Waals surface area (Å²) < 4.78 is 17.7. The first-order valence-corrected chi connectivity index (χ1v) is 11.1. The van der Waals surface area contributed by atoms with Crippen LogP contribution in [0.2, 0.25) is 5.02 Å². The van der Waals surface area contributed by atoms with Crippen molar-refractivity contribution in [2.24, 2.45) is 5.92 Å². The Labute approximate surface area is 195 Å². The molecule has 32 heavy (non-hydrogen) atoms. The Kier molecular flexibility index (Phi) is 7.52. The molecule has 0 amide bonds. The van der Waals surface area contributed by atoms with Crippen LogP contribution in [-0.4, -0.2) is 30.9 Å². The lowest BCUT2D eigenvalue weighted by Gasteiger charge is -2.42. The average molecular weight is 459 g/mol. The number of aryl methyl sites for hydroxylation is 2. The van der Waals surface area contributed by atoms with Gasteiger partial charge >= 0.3 is 5.97 Å². The molecule has 0 unspecified atom stereocenters. The van der Waals surface area contributed by atoms with E-state index in [4.69, 9.17) is 30.9 Å². The van der Waals surface area contributed by atoms with Gasteiger partial charge < -0.3 is 19.3 Å². The molecule has 0 aliphatic carbocycles. The minimum absolute atomic E-state index is 0.00633. The smallest absolute Gasteiger partial charge is 0.341 e. The van der Waals surface area contributed by atoms with Gasteiger partial charge in [0.2, 0.25) is 0 Å². The van der Waals surface area contributed by atoms with E-state index < -0.39 is 12.6 Å². The fourth-order valence-corrected chi connectivity index (χ4v) is 4.62. The molecule has 0 bridgehead atoms. The second-order valence-corrected chi connectivity index (χ2v) is 9.05. The van der Waals surface area contributed by atoms with Crippen LogP contribution in [0.15, 0.2) is 42.5 Å². The van der Waals surface area contributed by atoms with Crippen LogP contribution in [0.4, 0.5) is 0 Å². The number of benzene rings is 2. The van der Waals surface area contributed by atoms with Gasteiger partial charge in [-0.25, -0.2) is 4.79 Å². The highest BCUT2D eigenvalue weighted by Crippen LogP contribution is 2.50. The van der Waals surface area contributed by atoms with Crippen molar-refractivity contribution in [3.63, 3.8) is 0 Å². The summed E-state index contributed by atoms with van der Waals surface area (Å²) in [5.41, 5.74) is 5.43. The van der Waals surface area contributed by atoms with E-state index in [0.717, 1.165) is 12.0 Å². The van der Waals surface area contributed by atoms with Gasteiger partial charge in [0.05, 0.1) is 19.3 Å². The number of ether oxygens (including phenoxy) is 3. The molecule has 1 saturated heterocycles. The Morgan fingerprint density at radius 1 is 1.25 bits per heavy atom.